The van der Waals surface area contributed by atoms with Crippen molar-refractivity contribution in [3.05, 3.63) is 25.4 Å². The number of carbonyl (C=O) groups excluding carboxylic acids is 2. The first kappa shape index (κ1) is 16.1. The molecule has 0 N–H and O–H groups in total. The first-order valence-corrected chi connectivity index (χ1v) is 8.61. The van der Waals surface area contributed by atoms with Crippen LogP contribution in [0.4, 0.5) is 0 Å². The van der Waals surface area contributed by atoms with Crippen LogP contribution in [-0.4, -0.2) is 10.5 Å². The Labute approximate surface area is 156 Å². The van der Waals surface area contributed by atoms with Gasteiger partial charge in [-0.3, -0.25) is 9.59 Å². The summed E-state index contributed by atoms with van der Waals surface area (Å²) in [6, 6.07) is 0. The molecular weight excluding hydrogens is 707 g/mol. The smallest absolute Gasteiger partial charge is 0.254 e. The summed E-state index contributed by atoms with van der Waals surface area (Å²) < 4.78 is 2.64. The van der Waals surface area contributed by atoms with Gasteiger partial charge in [0.15, 0.2) is 0 Å². The molecule has 0 aliphatic heterocycles. The summed E-state index contributed by atoms with van der Waals surface area (Å²) in [5.74, 6) is 0. The summed E-state index contributed by atoms with van der Waals surface area (Å²) in [5, 5.41) is -1.06. The SMILES string of the molecule is O=C(Cl)c1c(I)c(I)c(C(=O)Cl)c(I)c1I. The molecule has 8 heteroatoms. The highest BCUT2D eigenvalue weighted by Crippen LogP contribution is 2.34. The molecule has 1 aromatic rings. The number of carbonyl (C=O) groups is 2. The van der Waals surface area contributed by atoms with Gasteiger partial charge in [0.05, 0.1) is 11.1 Å². The van der Waals surface area contributed by atoms with Crippen LogP contribution in [0.25, 0.3) is 0 Å². The predicted octanol–water partition coefficient (Wildman–Crippen LogP) is 4.86. The maximum Gasteiger partial charge on any atom is 0.254 e. The summed E-state index contributed by atoms with van der Waals surface area (Å²) in [5.41, 5.74) is 0.858. The molecule has 0 saturated carbocycles. The Morgan fingerprint density at radius 2 is 0.875 bits per heavy atom. The Morgan fingerprint density at radius 1 is 0.688 bits per heavy atom. The molecule has 0 amide bonds. The van der Waals surface area contributed by atoms with E-state index in [1.807, 2.05) is 90.4 Å². The maximum atomic E-state index is 11.3. The van der Waals surface area contributed by atoms with Gasteiger partial charge in [0.25, 0.3) is 10.5 Å². The summed E-state index contributed by atoms with van der Waals surface area (Å²) in [6.07, 6.45) is 0. The molecule has 1 rings (SSSR count). The van der Waals surface area contributed by atoms with Gasteiger partial charge in [-0.1, -0.05) is 0 Å². The first-order valence-electron chi connectivity index (χ1n) is 3.54. The average Bonchev–Trinajstić information content (AvgIpc) is 2.14. The average molecular weight is 707 g/mol. The minimum atomic E-state index is -0.529. The number of benzene rings is 1. The second kappa shape index (κ2) is 6.48. The summed E-state index contributed by atoms with van der Waals surface area (Å²) in [4.78, 5) is 22.6. The predicted molar refractivity (Wildman–Crippen MR) is 97.7 cm³/mol. The van der Waals surface area contributed by atoms with Crippen LogP contribution in [-0.2, 0) is 0 Å². The Kier molecular flexibility index (Phi) is 6.53. The fraction of sp³-hybridized carbons (Fsp3) is 0. The number of hydrogen-bond donors (Lipinski definition) is 0. The van der Waals surface area contributed by atoms with Gasteiger partial charge in [0.2, 0.25) is 0 Å². The summed E-state index contributed by atoms with van der Waals surface area (Å²) >= 11 is 19.0. The minimum absolute atomic E-state index is 0.429. The van der Waals surface area contributed by atoms with Gasteiger partial charge in [-0.05, 0) is 114 Å². The van der Waals surface area contributed by atoms with Gasteiger partial charge >= 0.3 is 0 Å². The van der Waals surface area contributed by atoms with Crippen molar-refractivity contribution in [1.29, 1.82) is 0 Å². The largest absolute Gasteiger partial charge is 0.276 e. The Morgan fingerprint density at radius 3 is 1.00 bits per heavy atom. The van der Waals surface area contributed by atoms with Crippen molar-refractivity contribution in [3.8, 4) is 0 Å². The molecule has 0 radical (unpaired) electrons. The molecule has 0 unspecified atom stereocenters. The molecule has 0 aliphatic carbocycles. The van der Waals surface area contributed by atoms with Crippen LogP contribution in [0.5, 0.6) is 0 Å². The van der Waals surface area contributed by atoms with E-state index in [4.69, 9.17) is 23.2 Å². The number of rotatable bonds is 2. The summed E-state index contributed by atoms with van der Waals surface area (Å²) in [6.45, 7) is 0. The van der Waals surface area contributed by atoms with Crippen molar-refractivity contribution in [2.24, 2.45) is 0 Å². The highest BCUT2D eigenvalue weighted by Gasteiger charge is 2.24. The molecule has 2 nitrogen and oxygen atoms in total. The topological polar surface area (TPSA) is 34.1 Å². The maximum absolute atomic E-state index is 11.3. The van der Waals surface area contributed by atoms with Gasteiger partial charge < -0.3 is 0 Å². The van der Waals surface area contributed by atoms with E-state index in [-0.39, 0.29) is 0 Å². The first-order chi connectivity index (χ1) is 7.29. The molecule has 0 fully saturated rings. The molecule has 16 heavy (non-hydrogen) atoms. The van der Waals surface area contributed by atoms with Crippen LogP contribution < -0.4 is 0 Å². The summed E-state index contributed by atoms with van der Waals surface area (Å²) in [7, 11) is 0. The standard InChI is InChI=1S/C8Cl2I4O2/c9-7(15)1-3(11)5(13)2(8(10)16)6(14)4(1)12. The highest BCUT2D eigenvalue weighted by molar-refractivity contribution is 14.1. The van der Waals surface area contributed by atoms with Gasteiger partial charge in [-0.15, -0.1) is 0 Å². The zero-order chi connectivity index (χ0) is 12.6. The lowest BCUT2D eigenvalue weighted by molar-refractivity contribution is 0.106. The normalized spacial score (nSPS) is 10.4. The second-order valence-corrected chi connectivity index (χ2v) is 7.55. The minimum Gasteiger partial charge on any atom is -0.276 e. The molecular formula is C8Cl2I4O2. The lowest BCUT2D eigenvalue weighted by atomic mass is 10.2. The van der Waals surface area contributed by atoms with Crippen molar-refractivity contribution < 1.29 is 9.59 Å². The van der Waals surface area contributed by atoms with Crippen molar-refractivity contribution in [3.63, 3.8) is 0 Å². The van der Waals surface area contributed by atoms with Crippen LogP contribution in [0.3, 0.4) is 0 Å². The molecule has 0 aromatic heterocycles. The molecule has 0 saturated heterocycles. The van der Waals surface area contributed by atoms with Gasteiger partial charge in [0.1, 0.15) is 0 Å². The van der Waals surface area contributed by atoms with Crippen LogP contribution >= 0.6 is 114 Å². The molecule has 86 valence electrons. The van der Waals surface area contributed by atoms with Crippen molar-refractivity contribution in [2.45, 2.75) is 0 Å². The second-order valence-electron chi connectivity index (χ2n) is 2.55. The Hall–Kier alpha value is 2.06. The van der Waals surface area contributed by atoms with Crippen LogP contribution in [0, 0.1) is 14.3 Å². The Bertz CT molecular complexity index is 427. The van der Waals surface area contributed by atoms with Gasteiger partial charge in [-0.2, -0.15) is 0 Å². The van der Waals surface area contributed by atoms with E-state index in [9.17, 15) is 9.59 Å². The fourth-order valence-electron chi connectivity index (χ4n) is 0.977. The van der Waals surface area contributed by atoms with E-state index in [1.165, 1.54) is 0 Å². The van der Waals surface area contributed by atoms with E-state index in [2.05, 4.69) is 0 Å². The third kappa shape index (κ3) is 3.14. The third-order valence-electron chi connectivity index (χ3n) is 1.66. The molecule has 0 aliphatic rings. The van der Waals surface area contributed by atoms with Crippen LogP contribution in [0.15, 0.2) is 0 Å². The Balaban J connectivity index is 3.77. The van der Waals surface area contributed by atoms with E-state index in [0.29, 0.717) is 25.4 Å². The van der Waals surface area contributed by atoms with Crippen LogP contribution in [0.1, 0.15) is 20.7 Å². The zero-order valence-corrected chi connectivity index (χ0v) is 17.2. The number of halogens is 6. The number of hydrogen-bond acceptors (Lipinski definition) is 2. The van der Waals surface area contributed by atoms with E-state index >= 15 is 0 Å². The van der Waals surface area contributed by atoms with Gasteiger partial charge in [0, 0.05) is 14.3 Å². The van der Waals surface area contributed by atoms with Crippen molar-refractivity contribution >= 4 is 124 Å². The molecule has 0 atom stereocenters. The van der Waals surface area contributed by atoms with E-state index in [0.717, 1.165) is 0 Å². The monoisotopic (exact) mass is 706 g/mol. The van der Waals surface area contributed by atoms with Gasteiger partial charge in [-0.25, -0.2) is 0 Å². The lowest BCUT2D eigenvalue weighted by Gasteiger charge is -2.11. The molecule has 0 heterocycles. The van der Waals surface area contributed by atoms with E-state index < -0.39 is 10.5 Å². The van der Waals surface area contributed by atoms with Crippen LogP contribution in [0.2, 0.25) is 0 Å². The molecule has 0 bridgehead atoms. The van der Waals surface area contributed by atoms with Crippen molar-refractivity contribution in [1.82, 2.24) is 0 Å². The highest BCUT2D eigenvalue weighted by atomic mass is 127. The quantitative estimate of drug-likeness (QED) is 0.250. The molecule has 1 aromatic carbocycles. The third-order valence-corrected chi connectivity index (χ3v) is 8.41. The van der Waals surface area contributed by atoms with E-state index in [1.54, 1.807) is 0 Å². The lowest BCUT2D eigenvalue weighted by Crippen LogP contribution is -2.09. The zero-order valence-electron chi connectivity index (χ0n) is 7.08. The molecule has 0 spiro atoms. The fourth-order valence-corrected chi connectivity index (χ4v) is 6.16. The van der Waals surface area contributed by atoms with Crippen molar-refractivity contribution in [2.75, 3.05) is 0 Å².